The summed E-state index contributed by atoms with van der Waals surface area (Å²) in [6, 6.07) is 15.7. The van der Waals surface area contributed by atoms with Crippen molar-refractivity contribution in [3.05, 3.63) is 94.3 Å². The Morgan fingerprint density at radius 3 is 2.36 bits per heavy atom. The fourth-order valence-corrected chi connectivity index (χ4v) is 3.83. The highest BCUT2D eigenvalue weighted by molar-refractivity contribution is 7.89. The molecule has 0 fully saturated rings. The summed E-state index contributed by atoms with van der Waals surface area (Å²) in [7, 11) is -2.75. The van der Waals surface area contributed by atoms with Crippen molar-refractivity contribution >= 4 is 39.2 Å². The fourth-order valence-electron chi connectivity index (χ4n) is 2.90. The number of amides is 1. The second kappa shape index (κ2) is 10.1. The molecule has 0 aliphatic heterocycles. The van der Waals surface area contributed by atoms with Gasteiger partial charge in [-0.1, -0.05) is 48.0 Å². The molecule has 0 saturated heterocycles. The van der Waals surface area contributed by atoms with Gasteiger partial charge in [0.15, 0.2) is 0 Å². The van der Waals surface area contributed by atoms with Gasteiger partial charge in [-0.15, -0.1) is 0 Å². The normalized spacial score (nSPS) is 12.1. The van der Waals surface area contributed by atoms with Gasteiger partial charge in [-0.05, 0) is 49.9 Å². The van der Waals surface area contributed by atoms with E-state index in [1.807, 2.05) is 0 Å². The number of anilines is 1. The molecular weight excluding hydrogens is 471 g/mol. The molecule has 1 atom stereocenters. The van der Waals surface area contributed by atoms with Crippen LogP contribution in [0.3, 0.4) is 0 Å². The molecular formula is C23H20ClFN2O5S. The summed E-state index contributed by atoms with van der Waals surface area (Å²) in [5, 5.41) is 3.06. The second-order valence-corrected chi connectivity index (χ2v) is 9.29. The highest BCUT2D eigenvalue weighted by atomic mass is 35.5. The summed E-state index contributed by atoms with van der Waals surface area (Å²) in [4.78, 5) is 25.5. The molecule has 3 aromatic carbocycles. The molecule has 33 heavy (non-hydrogen) atoms. The summed E-state index contributed by atoms with van der Waals surface area (Å²) in [5.74, 6) is -2.90. The third-order valence-electron chi connectivity index (χ3n) is 4.74. The monoisotopic (exact) mass is 490 g/mol. The zero-order chi connectivity index (χ0) is 24.2. The van der Waals surface area contributed by atoms with E-state index in [2.05, 4.69) is 10.0 Å². The van der Waals surface area contributed by atoms with Crippen LogP contribution in [0.25, 0.3) is 0 Å². The SMILES string of the molecule is CNS(=O)(=O)c1ccc(F)c(C(=O)OC(C(=O)Nc2ccc(C)c(Cl)c2)c2ccccc2)c1. The summed E-state index contributed by atoms with van der Waals surface area (Å²) >= 11 is 6.11. The van der Waals surface area contributed by atoms with Gasteiger partial charge in [-0.3, -0.25) is 4.79 Å². The predicted octanol–water partition coefficient (Wildman–Crippen LogP) is 4.23. The third-order valence-corrected chi connectivity index (χ3v) is 6.56. The number of ether oxygens (including phenoxy) is 1. The van der Waals surface area contributed by atoms with Crippen molar-refractivity contribution in [3.63, 3.8) is 0 Å². The van der Waals surface area contributed by atoms with Crippen molar-refractivity contribution in [2.75, 3.05) is 12.4 Å². The van der Waals surface area contributed by atoms with Gasteiger partial charge in [0, 0.05) is 16.3 Å². The van der Waals surface area contributed by atoms with E-state index in [-0.39, 0.29) is 4.90 Å². The van der Waals surface area contributed by atoms with Crippen LogP contribution in [0.15, 0.2) is 71.6 Å². The van der Waals surface area contributed by atoms with E-state index >= 15 is 0 Å². The van der Waals surface area contributed by atoms with Gasteiger partial charge in [0.05, 0.1) is 10.5 Å². The minimum Gasteiger partial charge on any atom is -0.444 e. The summed E-state index contributed by atoms with van der Waals surface area (Å²) in [6.45, 7) is 1.80. The molecule has 0 spiro atoms. The average molecular weight is 491 g/mol. The van der Waals surface area contributed by atoms with E-state index in [4.69, 9.17) is 16.3 Å². The van der Waals surface area contributed by atoms with Crippen molar-refractivity contribution in [2.45, 2.75) is 17.9 Å². The molecule has 7 nitrogen and oxygen atoms in total. The van der Waals surface area contributed by atoms with Crippen LogP contribution >= 0.6 is 11.6 Å². The van der Waals surface area contributed by atoms with Gasteiger partial charge in [0.25, 0.3) is 5.91 Å². The first-order chi connectivity index (χ1) is 15.6. The topological polar surface area (TPSA) is 102 Å². The van der Waals surface area contributed by atoms with Gasteiger partial charge < -0.3 is 10.1 Å². The second-order valence-electron chi connectivity index (χ2n) is 7.00. The fraction of sp³-hybridized carbons (Fsp3) is 0.130. The molecule has 2 N–H and O–H groups in total. The number of benzene rings is 3. The minimum atomic E-state index is -3.93. The van der Waals surface area contributed by atoms with Gasteiger partial charge >= 0.3 is 5.97 Å². The zero-order valence-electron chi connectivity index (χ0n) is 17.6. The molecule has 0 aliphatic rings. The first-order valence-corrected chi connectivity index (χ1v) is 11.5. The quantitative estimate of drug-likeness (QED) is 0.482. The first-order valence-electron chi connectivity index (χ1n) is 9.68. The van der Waals surface area contributed by atoms with Crippen LogP contribution in [0, 0.1) is 12.7 Å². The van der Waals surface area contributed by atoms with Gasteiger partial charge in [-0.2, -0.15) is 0 Å². The predicted molar refractivity (Wildman–Crippen MR) is 122 cm³/mol. The lowest BCUT2D eigenvalue weighted by atomic mass is 10.1. The number of hydrogen-bond acceptors (Lipinski definition) is 5. The maximum absolute atomic E-state index is 14.4. The molecule has 1 amide bonds. The molecule has 0 aromatic heterocycles. The number of aryl methyl sites for hydroxylation is 1. The lowest BCUT2D eigenvalue weighted by Gasteiger charge is -2.19. The summed E-state index contributed by atoms with van der Waals surface area (Å²) < 4.78 is 45.9. The van der Waals surface area contributed by atoms with Crippen molar-refractivity contribution in [1.29, 1.82) is 0 Å². The Kier molecular flexibility index (Phi) is 7.47. The molecule has 0 radical (unpaired) electrons. The van der Waals surface area contributed by atoms with Crippen LogP contribution in [-0.2, 0) is 19.6 Å². The zero-order valence-corrected chi connectivity index (χ0v) is 19.2. The van der Waals surface area contributed by atoms with Crippen LogP contribution < -0.4 is 10.0 Å². The maximum Gasteiger partial charge on any atom is 0.342 e. The summed E-state index contributed by atoms with van der Waals surface area (Å²) in [6.07, 6.45) is -1.44. The number of carbonyl (C=O) groups is 2. The standard InChI is InChI=1S/C23H20ClFN2O5S/c1-14-8-9-16(12-19(14)24)27-22(28)21(15-6-4-3-5-7-15)32-23(29)18-13-17(10-11-20(18)25)33(30,31)26-2/h3-13,21,26H,1-2H3,(H,27,28). The number of sulfonamides is 1. The Bertz CT molecular complexity index is 1300. The lowest BCUT2D eigenvalue weighted by molar-refractivity contribution is -0.125. The van der Waals surface area contributed by atoms with E-state index in [0.29, 0.717) is 16.3 Å². The van der Waals surface area contributed by atoms with E-state index in [9.17, 15) is 22.4 Å². The number of hydrogen-bond donors (Lipinski definition) is 2. The first kappa shape index (κ1) is 24.4. The third kappa shape index (κ3) is 5.75. The lowest BCUT2D eigenvalue weighted by Crippen LogP contribution is -2.26. The average Bonchev–Trinajstić information content (AvgIpc) is 2.80. The molecule has 10 heteroatoms. The van der Waals surface area contributed by atoms with Crippen LogP contribution in [0.2, 0.25) is 5.02 Å². The highest BCUT2D eigenvalue weighted by Crippen LogP contribution is 2.25. The minimum absolute atomic E-state index is 0.326. The number of nitrogens with one attached hydrogen (secondary N) is 2. The van der Waals surface area contributed by atoms with Crippen molar-refractivity contribution in [1.82, 2.24) is 4.72 Å². The largest absolute Gasteiger partial charge is 0.444 e. The molecule has 0 bridgehead atoms. The van der Waals surface area contributed by atoms with Crippen molar-refractivity contribution in [3.8, 4) is 0 Å². The molecule has 0 aliphatic carbocycles. The number of carbonyl (C=O) groups excluding carboxylic acids is 2. The van der Waals surface area contributed by atoms with Crippen LogP contribution in [-0.4, -0.2) is 27.3 Å². The Morgan fingerprint density at radius 2 is 1.73 bits per heavy atom. The molecule has 3 aromatic rings. The highest BCUT2D eigenvalue weighted by Gasteiger charge is 2.28. The Labute approximate surface area is 195 Å². The number of halogens is 2. The van der Waals surface area contributed by atoms with E-state index in [0.717, 1.165) is 23.8 Å². The Morgan fingerprint density at radius 1 is 1.03 bits per heavy atom. The molecule has 3 rings (SSSR count). The summed E-state index contributed by atoms with van der Waals surface area (Å²) in [5.41, 5.74) is 0.896. The molecule has 0 saturated carbocycles. The van der Waals surface area contributed by atoms with E-state index < -0.39 is 39.4 Å². The maximum atomic E-state index is 14.4. The van der Waals surface area contributed by atoms with Crippen LogP contribution in [0.1, 0.15) is 27.6 Å². The van der Waals surface area contributed by atoms with Crippen molar-refractivity contribution < 1.29 is 27.1 Å². The van der Waals surface area contributed by atoms with Gasteiger partial charge in [0.1, 0.15) is 5.82 Å². The van der Waals surface area contributed by atoms with Crippen LogP contribution in [0.5, 0.6) is 0 Å². The van der Waals surface area contributed by atoms with E-state index in [1.54, 1.807) is 55.5 Å². The smallest absolute Gasteiger partial charge is 0.342 e. The van der Waals surface area contributed by atoms with Gasteiger partial charge in [0.2, 0.25) is 16.1 Å². The Balaban J connectivity index is 1.93. The van der Waals surface area contributed by atoms with E-state index in [1.165, 1.54) is 7.05 Å². The number of esters is 1. The molecule has 172 valence electrons. The molecule has 0 heterocycles. The number of rotatable bonds is 7. The van der Waals surface area contributed by atoms with Crippen LogP contribution in [0.4, 0.5) is 10.1 Å². The van der Waals surface area contributed by atoms with Crippen molar-refractivity contribution in [2.24, 2.45) is 0 Å². The van der Waals surface area contributed by atoms with Gasteiger partial charge in [-0.25, -0.2) is 22.3 Å². The molecule has 1 unspecified atom stereocenters. The Hall–Kier alpha value is -3.27.